The highest BCUT2D eigenvalue weighted by Crippen LogP contribution is 2.29. The number of fused-ring (bicyclic) bond motifs is 1. The van der Waals surface area contributed by atoms with Crippen LogP contribution < -0.4 is 4.74 Å². The predicted molar refractivity (Wildman–Crippen MR) is 50.8 cm³/mol. The van der Waals surface area contributed by atoms with Crippen molar-refractivity contribution in [2.75, 3.05) is 0 Å². The molecule has 0 saturated heterocycles. The third-order valence-electron chi connectivity index (χ3n) is 2.54. The highest BCUT2D eigenvalue weighted by Gasteiger charge is 2.23. The Hall–Kier alpha value is -1.09. The van der Waals surface area contributed by atoms with E-state index in [4.69, 9.17) is 4.74 Å². The zero-order valence-electron chi connectivity index (χ0n) is 8.03. The fourth-order valence-electron chi connectivity index (χ4n) is 1.72. The Morgan fingerprint density at radius 1 is 1.57 bits per heavy atom. The molecule has 76 valence electrons. The monoisotopic (exact) mass is 196 g/mol. The molecule has 1 heterocycles. The molecule has 2 nitrogen and oxygen atoms in total. The van der Waals surface area contributed by atoms with E-state index < -0.39 is 6.10 Å². The molecule has 1 aromatic carbocycles. The maximum Gasteiger partial charge on any atom is 0.125 e. The predicted octanol–water partition coefficient (Wildman–Crippen LogP) is 1.90. The van der Waals surface area contributed by atoms with Gasteiger partial charge in [-0.05, 0) is 43.5 Å². The van der Waals surface area contributed by atoms with Crippen molar-refractivity contribution in [3.63, 3.8) is 0 Å². The summed E-state index contributed by atoms with van der Waals surface area (Å²) < 4.78 is 18.4. The van der Waals surface area contributed by atoms with E-state index in [1.807, 2.05) is 0 Å². The van der Waals surface area contributed by atoms with Gasteiger partial charge in [0.2, 0.25) is 0 Å². The summed E-state index contributed by atoms with van der Waals surface area (Å²) in [6, 6.07) is 4.50. The molecule has 1 N–H and O–H groups in total. The average molecular weight is 196 g/mol. The number of aryl methyl sites for hydroxylation is 1. The van der Waals surface area contributed by atoms with E-state index in [2.05, 4.69) is 0 Å². The first-order chi connectivity index (χ1) is 6.66. The number of aliphatic hydroxyl groups is 1. The number of halogens is 1. The molecule has 1 aliphatic heterocycles. The SMILES string of the molecule is C[C@H](O)[C@H]1CCc2cc(F)ccc2O1. The van der Waals surface area contributed by atoms with Crippen molar-refractivity contribution in [3.05, 3.63) is 29.6 Å². The Bertz CT molecular complexity index is 336. The number of benzene rings is 1. The molecule has 2 atom stereocenters. The minimum atomic E-state index is -0.479. The van der Waals surface area contributed by atoms with Gasteiger partial charge in [0.1, 0.15) is 17.7 Å². The van der Waals surface area contributed by atoms with Crippen LogP contribution in [0.4, 0.5) is 4.39 Å². The van der Waals surface area contributed by atoms with Crippen molar-refractivity contribution in [3.8, 4) is 5.75 Å². The molecule has 1 aromatic rings. The summed E-state index contributed by atoms with van der Waals surface area (Å²) >= 11 is 0. The van der Waals surface area contributed by atoms with Gasteiger partial charge in [-0.1, -0.05) is 0 Å². The van der Waals surface area contributed by atoms with E-state index >= 15 is 0 Å². The van der Waals surface area contributed by atoms with Crippen LogP contribution in [0.1, 0.15) is 18.9 Å². The van der Waals surface area contributed by atoms with Crippen LogP contribution in [0.3, 0.4) is 0 Å². The van der Waals surface area contributed by atoms with Gasteiger partial charge in [0.25, 0.3) is 0 Å². The summed E-state index contributed by atoms with van der Waals surface area (Å²) in [6.45, 7) is 1.71. The molecule has 2 rings (SSSR count). The number of hydrogen-bond acceptors (Lipinski definition) is 2. The molecule has 3 heteroatoms. The Labute approximate surface area is 82.3 Å². The van der Waals surface area contributed by atoms with Crippen LogP contribution in [0.2, 0.25) is 0 Å². The fraction of sp³-hybridized carbons (Fsp3) is 0.455. The van der Waals surface area contributed by atoms with Crippen molar-refractivity contribution < 1.29 is 14.2 Å². The lowest BCUT2D eigenvalue weighted by Crippen LogP contribution is -2.32. The smallest absolute Gasteiger partial charge is 0.125 e. The van der Waals surface area contributed by atoms with Crippen LogP contribution in [0.5, 0.6) is 5.75 Å². The first-order valence-electron chi connectivity index (χ1n) is 4.80. The van der Waals surface area contributed by atoms with Gasteiger partial charge in [0.05, 0.1) is 6.10 Å². The van der Waals surface area contributed by atoms with Crippen LogP contribution in [0.15, 0.2) is 18.2 Å². The molecule has 0 fully saturated rings. The summed E-state index contributed by atoms with van der Waals surface area (Å²) in [5, 5.41) is 9.36. The van der Waals surface area contributed by atoms with Crippen LogP contribution in [-0.4, -0.2) is 17.3 Å². The Kier molecular flexibility index (Phi) is 2.42. The van der Waals surface area contributed by atoms with Gasteiger partial charge in [-0.2, -0.15) is 0 Å². The third-order valence-corrected chi connectivity index (χ3v) is 2.54. The largest absolute Gasteiger partial charge is 0.487 e. The standard InChI is InChI=1S/C11H13FO2/c1-7(13)10-4-2-8-6-9(12)3-5-11(8)14-10/h3,5-7,10,13H,2,4H2,1H3/t7-,10+/m0/s1. The molecule has 0 radical (unpaired) electrons. The summed E-state index contributed by atoms with van der Waals surface area (Å²) in [6.07, 6.45) is 0.873. The maximum atomic E-state index is 12.8. The van der Waals surface area contributed by atoms with Crippen molar-refractivity contribution in [1.29, 1.82) is 0 Å². The number of hydrogen-bond donors (Lipinski definition) is 1. The Balaban J connectivity index is 2.23. The molecule has 0 aromatic heterocycles. The lowest BCUT2D eigenvalue weighted by atomic mass is 10.00. The molecule has 0 saturated carbocycles. The molecule has 0 aliphatic carbocycles. The first kappa shape index (κ1) is 9.46. The van der Waals surface area contributed by atoms with Gasteiger partial charge >= 0.3 is 0 Å². The number of rotatable bonds is 1. The fourth-order valence-corrected chi connectivity index (χ4v) is 1.72. The van der Waals surface area contributed by atoms with Crippen LogP contribution in [0.25, 0.3) is 0 Å². The molecular formula is C11H13FO2. The van der Waals surface area contributed by atoms with Gasteiger partial charge in [-0.25, -0.2) is 4.39 Å². The van der Waals surface area contributed by atoms with E-state index in [9.17, 15) is 9.50 Å². The molecule has 14 heavy (non-hydrogen) atoms. The molecule has 0 amide bonds. The van der Waals surface area contributed by atoms with E-state index in [0.29, 0.717) is 5.75 Å². The van der Waals surface area contributed by atoms with Crippen molar-refractivity contribution in [2.45, 2.75) is 32.0 Å². The van der Waals surface area contributed by atoms with Crippen molar-refractivity contribution in [2.24, 2.45) is 0 Å². The Morgan fingerprint density at radius 2 is 2.36 bits per heavy atom. The van der Waals surface area contributed by atoms with E-state index in [1.165, 1.54) is 12.1 Å². The second-order valence-electron chi connectivity index (χ2n) is 3.69. The molecule has 1 aliphatic rings. The van der Waals surface area contributed by atoms with Gasteiger partial charge in [0.15, 0.2) is 0 Å². The molecule has 0 spiro atoms. The van der Waals surface area contributed by atoms with Gasteiger partial charge in [0, 0.05) is 0 Å². The minimum absolute atomic E-state index is 0.159. The number of aliphatic hydroxyl groups excluding tert-OH is 1. The van der Waals surface area contributed by atoms with E-state index in [-0.39, 0.29) is 11.9 Å². The normalized spacial score (nSPS) is 22.4. The van der Waals surface area contributed by atoms with Crippen molar-refractivity contribution >= 4 is 0 Å². The van der Waals surface area contributed by atoms with Gasteiger partial charge in [-0.3, -0.25) is 0 Å². The summed E-state index contributed by atoms with van der Waals surface area (Å²) in [4.78, 5) is 0. The molecule has 0 bridgehead atoms. The maximum absolute atomic E-state index is 12.8. The average Bonchev–Trinajstić information content (AvgIpc) is 2.16. The highest BCUT2D eigenvalue weighted by atomic mass is 19.1. The quantitative estimate of drug-likeness (QED) is 0.743. The lowest BCUT2D eigenvalue weighted by molar-refractivity contribution is 0.0356. The minimum Gasteiger partial charge on any atom is -0.487 e. The van der Waals surface area contributed by atoms with Crippen LogP contribution >= 0.6 is 0 Å². The van der Waals surface area contributed by atoms with E-state index in [0.717, 1.165) is 18.4 Å². The third kappa shape index (κ3) is 1.73. The molecular weight excluding hydrogens is 183 g/mol. The zero-order chi connectivity index (χ0) is 10.1. The summed E-state index contributed by atoms with van der Waals surface area (Å²) in [7, 11) is 0. The van der Waals surface area contributed by atoms with Crippen LogP contribution in [-0.2, 0) is 6.42 Å². The van der Waals surface area contributed by atoms with E-state index in [1.54, 1.807) is 13.0 Å². The zero-order valence-corrected chi connectivity index (χ0v) is 8.03. The summed E-state index contributed by atoms with van der Waals surface area (Å²) in [5.74, 6) is 0.464. The topological polar surface area (TPSA) is 29.5 Å². The lowest BCUT2D eigenvalue weighted by Gasteiger charge is -2.27. The molecule has 0 unspecified atom stereocenters. The van der Waals surface area contributed by atoms with Crippen molar-refractivity contribution in [1.82, 2.24) is 0 Å². The summed E-state index contributed by atoms with van der Waals surface area (Å²) in [5.41, 5.74) is 0.891. The van der Waals surface area contributed by atoms with Gasteiger partial charge < -0.3 is 9.84 Å². The number of ether oxygens (including phenoxy) is 1. The second kappa shape index (κ2) is 3.58. The van der Waals surface area contributed by atoms with Gasteiger partial charge in [-0.15, -0.1) is 0 Å². The Morgan fingerprint density at radius 3 is 3.07 bits per heavy atom. The first-order valence-corrected chi connectivity index (χ1v) is 4.80. The second-order valence-corrected chi connectivity index (χ2v) is 3.69. The van der Waals surface area contributed by atoms with Crippen LogP contribution in [0, 0.1) is 5.82 Å². The highest BCUT2D eigenvalue weighted by molar-refractivity contribution is 5.35.